The van der Waals surface area contributed by atoms with E-state index >= 15 is 0 Å². The van der Waals surface area contributed by atoms with Gasteiger partial charge in [0, 0.05) is 11.3 Å². The van der Waals surface area contributed by atoms with Crippen LogP contribution >= 0.6 is 0 Å². The quantitative estimate of drug-likeness (QED) is 0.644. The van der Waals surface area contributed by atoms with E-state index in [0.29, 0.717) is 0 Å². The van der Waals surface area contributed by atoms with Crippen LogP contribution in [0.15, 0.2) is 48.5 Å². The molecule has 0 bridgehead atoms. The van der Waals surface area contributed by atoms with Gasteiger partial charge in [-0.2, -0.15) is 0 Å². The molecule has 3 heteroatoms. The van der Waals surface area contributed by atoms with Crippen LogP contribution < -0.4 is 5.32 Å². The summed E-state index contributed by atoms with van der Waals surface area (Å²) >= 11 is 0. The van der Waals surface area contributed by atoms with E-state index in [1.54, 1.807) is 0 Å². The van der Waals surface area contributed by atoms with Crippen LogP contribution in [0, 0.1) is 0 Å². The van der Waals surface area contributed by atoms with E-state index in [-0.39, 0.29) is 6.17 Å². The molecule has 1 aromatic heterocycles. The number of aromatic nitrogens is 2. The maximum absolute atomic E-state index is 4.77. The number of rotatable bonds is 0. The van der Waals surface area contributed by atoms with Gasteiger partial charge in [-0.05, 0) is 31.2 Å². The number of benzene rings is 2. The zero-order valence-corrected chi connectivity index (χ0v) is 10.1. The third-order valence-corrected chi connectivity index (χ3v) is 3.52. The minimum absolute atomic E-state index is 0.224. The number of hydrogen-bond acceptors (Lipinski definition) is 2. The summed E-state index contributed by atoms with van der Waals surface area (Å²) in [6.07, 6.45) is 0.224. The van der Waals surface area contributed by atoms with E-state index in [9.17, 15) is 0 Å². The van der Waals surface area contributed by atoms with E-state index in [1.165, 1.54) is 11.1 Å². The maximum atomic E-state index is 4.77. The Bertz CT molecular complexity index is 742. The van der Waals surface area contributed by atoms with Crippen LogP contribution in [0.25, 0.3) is 22.4 Å². The molecule has 0 amide bonds. The lowest BCUT2D eigenvalue weighted by molar-refractivity contribution is 0.630. The first-order chi connectivity index (χ1) is 8.84. The lowest BCUT2D eigenvalue weighted by atomic mass is 10.1. The number of nitrogens with zero attached hydrogens (tertiary/aromatic N) is 2. The highest BCUT2D eigenvalue weighted by molar-refractivity contribution is 5.86. The Hall–Kier alpha value is -2.29. The second-order valence-electron chi connectivity index (χ2n) is 4.66. The molecule has 0 unspecified atom stereocenters. The Morgan fingerprint density at radius 2 is 1.83 bits per heavy atom. The highest BCUT2D eigenvalue weighted by atomic mass is 15.2. The first kappa shape index (κ1) is 9.71. The van der Waals surface area contributed by atoms with Gasteiger partial charge in [0.05, 0.1) is 11.0 Å². The summed E-state index contributed by atoms with van der Waals surface area (Å²) in [6, 6.07) is 16.6. The highest BCUT2D eigenvalue weighted by Gasteiger charge is 2.23. The number of hydrogen-bond donors (Lipinski definition) is 1. The van der Waals surface area contributed by atoms with Gasteiger partial charge in [-0.15, -0.1) is 0 Å². The Morgan fingerprint density at radius 1 is 1.06 bits per heavy atom. The normalized spacial score (nSPS) is 17.1. The van der Waals surface area contributed by atoms with Crippen LogP contribution in [0.4, 0.5) is 5.69 Å². The zero-order valence-electron chi connectivity index (χ0n) is 10.1. The molecule has 0 saturated carbocycles. The molecule has 0 aliphatic carbocycles. The SMILES string of the molecule is C[C@@H]1Nc2ccccc2-c2nc3ccccc3n21. The molecule has 0 saturated heterocycles. The van der Waals surface area contributed by atoms with Gasteiger partial charge < -0.3 is 9.88 Å². The van der Waals surface area contributed by atoms with Crippen molar-refractivity contribution in [3.63, 3.8) is 0 Å². The van der Waals surface area contributed by atoms with Gasteiger partial charge in [-0.25, -0.2) is 4.98 Å². The average Bonchev–Trinajstić information content (AvgIpc) is 2.79. The maximum Gasteiger partial charge on any atom is 0.144 e. The van der Waals surface area contributed by atoms with Gasteiger partial charge in [-0.1, -0.05) is 24.3 Å². The Balaban J connectivity index is 2.12. The second-order valence-corrected chi connectivity index (χ2v) is 4.66. The van der Waals surface area contributed by atoms with Crippen molar-refractivity contribution >= 4 is 16.7 Å². The average molecular weight is 235 g/mol. The summed E-state index contributed by atoms with van der Waals surface area (Å²) in [4.78, 5) is 4.77. The van der Waals surface area contributed by atoms with Crippen molar-refractivity contribution < 1.29 is 0 Å². The molecule has 1 aliphatic heterocycles. The predicted octanol–water partition coefficient (Wildman–Crippen LogP) is 3.65. The van der Waals surface area contributed by atoms with E-state index in [1.807, 2.05) is 6.07 Å². The molecule has 1 N–H and O–H groups in total. The van der Waals surface area contributed by atoms with E-state index in [0.717, 1.165) is 17.0 Å². The smallest absolute Gasteiger partial charge is 0.144 e. The van der Waals surface area contributed by atoms with Crippen molar-refractivity contribution in [3.05, 3.63) is 48.5 Å². The minimum atomic E-state index is 0.224. The van der Waals surface area contributed by atoms with E-state index in [2.05, 4.69) is 59.3 Å². The summed E-state index contributed by atoms with van der Waals surface area (Å²) < 4.78 is 2.26. The molecular weight excluding hydrogens is 222 g/mol. The second kappa shape index (κ2) is 3.35. The first-order valence-corrected chi connectivity index (χ1v) is 6.17. The van der Waals surface area contributed by atoms with Crippen LogP contribution in [0.2, 0.25) is 0 Å². The number of nitrogens with one attached hydrogen (secondary N) is 1. The molecule has 1 aliphatic rings. The molecule has 0 fully saturated rings. The Labute approximate surface area is 105 Å². The molecule has 1 atom stereocenters. The van der Waals surface area contributed by atoms with Crippen LogP contribution in [0.3, 0.4) is 0 Å². The topological polar surface area (TPSA) is 29.9 Å². The summed E-state index contributed by atoms with van der Waals surface area (Å²) in [5.41, 5.74) is 4.57. The van der Waals surface area contributed by atoms with Crippen molar-refractivity contribution in [1.29, 1.82) is 0 Å². The fourth-order valence-corrected chi connectivity index (χ4v) is 2.72. The van der Waals surface area contributed by atoms with Crippen LogP contribution in [0.1, 0.15) is 13.1 Å². The third kappa shape index (κ3) is 1.16. The molecule has 2 heterocycles. The first-order valence-electron chi connectivity index (χ1n) is 6.17. The molecule has 3 nitrogen and oxygen atoms in total. The zero-order chi connectivity index (χ0) is 12.1. The van der Waals surface area contributed by atoms with Crippen LogP contribution in [0.5, 0.6) is 0 Å². The standard InChI is InChI=1S/C15H13N3/c1-10-16-12-7-3-2-6-11(12)15-17-13-8-4-5-9-14(13)18(10)15/h2-10,16H,1H3/t10-/m1/s1. The van der Waals surface area contributed by atoms with Crippen LogP contribution in [-0.2, 0) is 0 Å². The van der Waals surface area contributed by atoms with Gasteiger partial charge in [0.2, 0.25) is 0 Å². The number of para-hydroxylation sites is 3. The van der Waals surface area contributed by atoms with Gasteiger partial charge in [0.15, 0.2) is 0 Å². The van der Waals surface area contributed by atoms with Crippen molar-refractivity contribution in [2.45, 2.75) is 13.1 Å². The molecule has 18 heavy (non-hydrogen) atoms. The van der Waals surface area contributed by atoms with Gasteiger partial charge in [-0.3, -0.25) is 0 Å². The molecule has 4 rings (SSSR count). The lowest BCUT2D eigenvalue weighted by Gasteiger charge is -2.27. The van der Waals surface area contributed by atoms with Crippen molar-refractivity contribution in [2.24, 2.45) is 0 Å². The minimum Gasteiger partial charge on any atom is -0.364 e. The highest BCUT2D eigenvalue weighted by Crippen LogP contribution is 2.37. The predicted molar refractivity (Wildman–Crippen MR) is 73.5 cm³/mol. The van der Waals surface area contributed by atoms with Crippen LogP contribution in [-0.4, -0.2) is 9.55 Å². The van der Waals surface area contributed by atoms with Crippen molar-refractivity contribution in [1.82, 2.24) is 9.55 Å². The summed E-state index contributed by atoms with van der Waals surface area (Å²) in [7, 11) is 0. The molecule has 88 valence electrons. The van der Waals surface area contributed by atoms with Gasteiger partial charge in [0.1, 0.15) is 12.0 Å². The van der Waals surface area contributed by atoms with Crippen molar-refractivity contribution in [3.8, 4) is 11.4 Å². The molecule has 0 spiro atoms. The fourth-order valence-electron chi connectivity index (χ4n) is 2.72. The fraction of sp³-hybridized carbons (Fsp3) is 0.133. The summed E-state index contributed by atoms with van der Waals surface area (Å²) in [5, 5.41) is 3.52. The summed E-state index contributed by atoms with van der Waals surface area (Å²) in [5.74, 6) is 1.05. The molecule has 3 aromatic rings. The number of anilines is 1. The Morgan fingerprint density at radius 3 is 2.78 bits per heavy atom. The number of fused-ring (bicyclic) bond motifs is 5. The molecular formula is C15H13N3. The molecule has 0 radical (unpaired) electrons. The third-order valence-electron chi connectivity index (χ3n) is 3.52. The lowest BCUT2D eigenvalue weighted by Crippen LogP contribution is -2.20. The van der Waals surface area contributed by atoms with Crippen molar-refractivity contribution in [2.75, 3.05) is 5.32 Å². The van der Waals surface area contributed by atoms with Gasteiger partial charge >= 0.3 is 0 Å². The largest absolute Gasteiger partial charge is 0.364 e. The monoisotopic (exact) mass is 235 g/mol. The van der Waals surface area contributed by atoms with E-state index < -0.39 is 0 Å². The summed E-state index contributed by atoms with van der Waals surface area (Å²) in [6.45, 7) is 2.16. The number of imidazole rings is 1. The van der Waals surface area contributed by atoms with Gasteiger partial charge in [0.25, 0.3) is 0 Å². The Kier molecular flexibility index (Phi) is 1.81. The van der Waals surface area contributed by atoms with E-state index in [4.69, 9.17) is 4.98 Å². The molecule has 2 aromatic carbocycles.